The molecule has 2 atom stereocenters. The molecule has 0 spiro atoms. The number of carbonyl (C=O) groups excluding carboxylic acids is 1. The molecule has 136 valence electrons. The summed E-state index contributed by atoms with van der Waals surface area (Å²) in [6, 6.07) is 24.7. The third-order valence-corrected chi connectivity index (χ3v) is 5.54. The first-order valence-electron chi connectivity index (χ1n) is 9.19. The summed E-state index contributed by atoms with van der Waals surface area (Å²) in [5.74, 6) is 0.0556. The molecule has 0 aliphatic carbocycles. The third-order valence-electron chi connectivity index (χ3n) is 5.29. The van der Waals surface area contributed by atoms with E-state index >= 15 is 0 Å². The van der Waals surface area contributed by atoms with Crippen LogP contribution in [-0.2, 0) is 0 Å². The van der Waals surface area contributed by atoms with Crippen molar-refractivity contribution >= 4 is 34.4 Å². The average molecular weight is 385 g/mol. The number of benzene rings is 3. The van der Waals surface area contributed by atoms with Gasteiger partial charge in [-0.25, -0.2) is 0 Å². The van der Waals surface area contributed by atoms with E-state index in [1.165, 1.54) is 0 Å². The van der Waals surface area contributed by atoms with Crippen molar-refractivity contribution in [3.05, 3.63) is 107 Å². The van der Waals surface area contributed by atoms with Crippen LogP contribution in [0.2, 0.25) is 5.02 Å². The Balaban J connectivity index is 1.61. The van der Waals surface area contributed by atoms with Crippen LogP contribution in [0.4, 0.5) is 0 Å². The summed E-state index contributed by atoms with van der Waals surface area (Å²) in [7, 11) is 0. The molecule has 3 nitrogen and oxygen atoms in total. The lowest BCUT2D eigenvalue weighted by Gasteiger charge is -2.29. The Kier molecular flexibility index (Phi) is 4.10. The Bertz CT molecular complexity index is 1210. The first-order chi connectivity index (χ1) is 13.7. The molecule has 5 rings (SSSR count). The summed E-state index contributed by atoms with van der Waals surface area (Å²) in [6.07, 6.45) is 3.79. The Morgan fingerprint density at radius 2 is 1.68 bits per heavy atom. The molecule has 1 aromatic heterocycles. The monoisotopic (exact) mass is 384 g/mol. The predicted octanol–water partition coefficient (Wildman–Crippen LogP) is 5.89. The Morgan fingerprint density at radius 3 is 2.50 bits per heavy atom. The van der Waals surface area contributed by atoms with Gasteiger partial charge in [0.05, 0.1) is 5.69 Å². The van der Waals surface area contributed by atoms with Gasteiger partial charge in [0, 0.05) is 23.0 Å². The number of hydrogen-bond acceptors (Lipinski definition) is 2. The molecule has 28 heavy (non-hydrogen) atoms. The standard InChI is InChI=1S/C24H17ClN2O/c25-20-11-9-17(10-12-20)22-23(27-13-3-6-21(27)15-26-22)24(28)19-8-7-16-4-1-2-5-18(16)14-19/h1-15,22-23H/t22-,23+/m1/s1. The van der Waals surface area contributed by atoms with Gasteiger partial charge >= 0.3 is 0 Å². The van der Waals surface area contributed by atoms with Crippen LogP contribution >= 0.6 is 11.6 Å². The fourth-order valence-corrected chi connectivity index (χ4v) is 4.00. The van der Waals surface area contributed by atoms with Crippen LogP contribution < -0.4 is 0 Å². The summed E-state index contributed by atoms with van der Waals surface area (Å²) in [4.78, 5) is 18.4. The lowest BCUT2D eigenvalue weighted by molar-refractivity contribution is 0.0905. The molecule has 0 radical (unpaired) electrons. The van der Waals surface area contributed by atoms with Crippen molar-refractivity contribution in [2.75, 3.05) is 0 Å². The van der Waals surface area contributed by atoms with Gasteiger partial charge in [0.15, 0.2) is 5.78 Å². The number of aliphatic imine (C=N–C) groups is 1. The maximum absolute atomic E-state index is 13.6. The molecule has 4 heteroatoms. The fraction of sp³-hybridized carbons (Fsp3) is 0.0833. The number of rotatable bonds is 3. The van der Waals surface area contributed by atoms with E-state index < -0.39 is 6.04 Å². The predicted molar refractivity (Wildman–Crippen MR) is 114 cm³/mol. The molecule has 3 aromatic carbocycles. The SMILES string of the molecule is O=C(c1ccc2ccccc2c1)[C@@H]1[C@@H](c2ccc(Cl)cc2)N=Cc2cccn21. The van der Waals surface area contributed by atoms with Gasteiger partial charge < -0.3 is 4.57 Å². The second-order valence-electron chi connectivity index (χ2n) is 6.99. The van der Waals surface area contributed by atoms with Crippen molar-refractivity contribution in [1.82, 2.24) is 4.57 Å². The number of nitrogens with zero attached hydrogens (tertiary/aromatic N) is 2. The Hall–Kier alpha value is -3.17. The number of fused-ring (bicyclic) bond motifs is 2. The van der Waals surface area contributed by atoms with E-state index in [4.69, 9.17) is 16.6 Å². The molecule has 0 fully saturated rings. The van der Waals surface area contributed by atoms with Crippen molar-refractivity contribution < 1.29 is 4.79 Å². The highest BCUT2D eigenvalue weighted by molar-refractivity contribution is 6.30. The van der Waals surface area contributed by atoms with Crippen LogP contribution in [0.5, 0.6) is 0 Å². The molecular weight excluding hydrogens is 368 g/mol. The van der Waals surface area contributed by atoms with Crippen molar-refractivity contribution in [1.29, 1.82) is 0 Å². The largest absolute Gasteiger partial charge is 0.333 e. The van der Waals surface area contributed by atoms with Gasteiger partial charge in [0.25, 0.3) is 0 Å². The molecule has 4 aromatic rings. The molecule has 1 aliphatic rings. The normalized spacial score (nSPS) is 18.2. The molecule has 0 bridgehead atoms. The zero-order valence-electron chi connectivity index (χ0n) is 15.0. The minimum absolute atomic E-state index is 0.0556. The van der Waals surface area contributed by atoms with Gasteiger partial charge in [-0.1, -0.05) is 60.1 Å². The van der Waals surface area contributed by atoms with E-state index in [0.717, 1.165) is 22.0 Å². The minimum Gasteiger partial charge on any atom is -0.333 e. The molecule has 0 saturated carbocycles. The second-order valence-corrected chi connectivity index (χ2v) is 7.42. The number of aromatic nitrogens is 1. The first-order valence-corrected chi connectivity index (χ1v) is 9.57. The van der Waals surface area contributed by atoms with Gasteiger partial charge in [0.1, 0.15) is 12.1 Å². The highest BCUT2D eigenvalue weighted by Gasteiger charge is 2.34. The Morgan fingerprint density at radius 1 is 0.893 bits per heavy atom. The van der Waals surface area contributed by atoms with Gasteiger partial charge in [0.2, 0.25) is 0 Å². The summed E-state index contributed by atoms with van der Waals surface area (Å²) in [5, 5.41) is 2.85. The topological polar surface area (TPSA) is 34.4 Å². The molecule has 0 amide bonds. The second kappa shape index (κ2) is 6.77. The Labute approximate surface area is 167 Å². The molecule has 2 heterocycles. The minimum atomic E-state index is -0.433. The van der Waals surface area contributed by atoms with E-state index in [2.05, 4.69) is 6.07 Å². The van der Waals surface area contributed by atoms with E-state index in [1.54, 1.807) is 0 Å². The zero-order valence-corrected chi connectivity index (χ0v) is 15.8. The molecule has 0 saturated heterocycles. The van der Waals surface area contributed by atoms with Gasteiger partial charge in [-0.3, -0.25) is 9.79 Å². The smallest absolute Gasteiger partial charge is 0.188 e. The molecule has 0 N–H and O–H groups in total. The zero-order chi connectivity index (χ0) is 19.1. The maximum Gasteiger partial charge on any atom is 0.188 e. The molecular formula is C24H17ClN2O. The third kappa shape index (κ3) is 2.85. The highest BCUT2D eigenvalue weighted by atomic mass is 35.5. The quantitative estimate of drug-likeness (QED) is 0.405. The summed E-state index contributed by atoms with van der Waals surface area (Å²) in [5.41, 5.74) is 2.60. The first kappa shape index (κ1) is 17.0. The fourth-order valence-electron chi connectivity index (χ4n) is 3.87. The number of ketones is 1. The average Bonchev–Trinajstić information content (AvgIpc) is 3.21. The van der Waals surface area contributed by atoms with Crippen molar-refractivity contribution in [2.24, 2.45) is 4.99 Å². The van der Waals surface area contributed by atoms with Crippen LogP contribution in [0, 0.1) is 0 Å². The number of hydrogen-bond donors (Lipinski definition) is 0. The highest BCUT2D eigenvalue weighted by Crippen LogP contribution is 2.37. The van der Waals surface area contributed by atoms with Crippen LogP contribution in [-0.4, -0.2) is 16.6 Å². The van der Waals surface area contributed by atoms with Crippen LogP contribution in [0.25, 0.3) is 10.8 Å². The maximum atomic E-state index is 13.6. The van der Waals surface area contributed by atoms with Gasteiger partial charge in [-0.05, 0) is 46.7 Å². The van der Waals surface area contributed by atoms with Crippen molar-refractivity contribution in [3.63, 3.8) is 0 Å². The number of Topliss-reactive ketones (excluding diaryl/α,β-unsaturated/α-hetero) is 1. The summed E-state index contributed by atoms with van der Waals surface area (Å²) in [6.45, 7) is 0. The lowest BCUT2D eigenvalue weighted by atomic mass is 9.91. The lowest BCUT2D eigenvalue weighted by Crippen LogP contribution is -2.29. The van der Waals surface area contributed by atoms with Crippen LogP contribution in [0.3, 0.4) is 0 Å². The van der Waals surface area contributed by atoms with Gasteiger partial charge in [-0.15, -0.1) is 0 Å². The number of carbonyl (C=O) groups is 1. The summed E-state index contributed by atoms with van der Waals surface area (Å²) >= 11 is 6.05. The van der Waals surface area contributed by atoms with E-state index in [9.17, 15) is 4.79 Å². The van der Waals surface area contributed by atoms with Crippen molar-refractivity contribution in [3.8, 4) is 0 Å². The van der Waals surface area contributed by atoms with Crippen molar-refractivity contribution in [2.45, 2.75) is 12.1 Å². The summed E-state index contributed by atoms with van der Waals surface area (Å²) < 4.78 is 2.02. The van der Waals surface area contributed by atoms with E-state index in [-0.39, 0.29) is 11.8 Å². The van der Waals surface area contributed by atoms with Crippen LogP contribution in [0.1, 0.15) is 33.7 Å². The van der Waals surface area contributed by atoms with Gasteiger partial charge in [-0.2, -0.15) is 0 Å². The molecule has 0 unspecified atom stereocenters. The van der Waals surface area contributed by atoms with Crippen LogP contribution in [0.15, 0.2) is 90.1 Å². The van der Waals surface area contributed by atoms with E-state index in [1.807, 2.05) is 89.8 Å². The number of halogens is 1. The van der Waals surface area contributed by atoms with E-state index in [0.29, 0.717) is 10.6 Å². The molecule has 1 aliphatic heterocycles.